The first kappa shape index (κ1) is 15.1. The Morgan fingerprint density at radius 2 is 2.00 bits per heavy atom. The third-order valence-corrected chi connectivity index (χ3v) is 3.48. The SMILES string of the molecule is Cc1cc(NCCCCN(C)C)c2cc(Cl)ccc2n1. The van der Waals surface area contributed by atoms with Crippen molar-refractivity contribution < 1.29 is 0 Å². The smallest absolute Gasteiger partial charge is 0.0726 e. The Morgan fingerprint density at radius 3 is 2.75 bits per heavy atom. The Bertz CT molecular complexity index is 581. The van der Waals surface area contributed by atoms with Gasteiger partial charge in [0.1, 0.15) is 0 Å². The van der Waals surface area contributed by atoms with Gasteiger partial charge in [-0.2, -0.15) is 0 Å². The number of anilines is 1. The van der Waals surface area contributed by atoms with E-state index in [2.05, 4.69) is 35.4 Å². The number of hydrogen-bond donors (Lipinski definition) is 1. The summed E-state index contributed by atoms with van der Waals surface area (Å²) >= 11 is 6.09. The van der Waals surface area contributed by atoms with E-state index in [9.17, 15) is 0 Å². The van der Waals surface area contributed by atoms with E-state index in [4.69, 9.17) is 11.6 Å². The molecule has 20 heavy (non-hydrogen) atoms. The summed E-state index contributed by atoms with van der Waals surface area (Å²) < 4.78 is 0. The molecule has 1 N–H and O–H groups in total. The molecule has 0 unspecified atom stereocenters. The molecule has 0 radical (unpaired) electrons. The number of hydrogen-bond acceptors (Lipinski definition) is 3. The zero-order valence-electron chi connectivity index (χ0n) is 12.4. The number of pyridine rings is 1. The number of halogens is 1. The van der Waals surface area contributed by atoms with Gasteiger partial charge in [0, 0.05) is 28.3 Å². The highest BCUT2D eigenvalue weighted by atomic mass is 35.5. The van der Waals surface area contributed by atoms with Gasteiger partial charge in [0.15, 0.2) is 0 Å². The lowest BCUT2D eigenvalue weighted by molar-refractivity contribution is 0.396. The van der Waals surface area contributed by atoms with Gasteiger partial charge in [-0.1, -0.05) is 11.6 Å². The zero-order chi connectivity index (χ0) is 14.5. The van der Waals surface area contributed by atoms with E-state index in [1.54, 1.807) is 0 Å². The number of unbranched alkanes of at least 4 members (excludes halogenated alkanes) is 1. The third kappa shape index (κ3) is 4.09. The number of nitrogens with zero attached hydrogens (tertiary/aromatic N) is 2. The Balaban J connectivity index is 2.07. The fourth-order valence-corrected chi connectivity index (χ4v) is 2.42. The Morgan fingerprint density at radius 1 is 1.20 bits per heavy atom. The van der Waals surface area contributed by atoms with Gasteiger partial charge in [0.25, 0.3) is 0 Å². The number of fused-ring (bicyclic) bond motifs is 1. The predicted molar refractivity (Wildman–Crippen MR) is 87.8 cm³/mol. The summed E-state index contributed by atoms with van der Waals surface area (Å²) in [5.41, 5.74) is 3.14. The van der Waals surface area contributed by atoms with Crippen LogP contribution in [0.15, 0.2) is 24.3 Å². The van der Waals surface area contributed by atoms with Gasteiger partial charge in [0.05, 0.1) is 5.52 Å². The average Bonchev–Trinajstić information content (AvgIpc) is 2.38. The molecule has 0 atom stereocenters. The van der Waals surface area contributed by atoms with E-state index in [0.717, 1.165) is 46.8 Å². The van der Waals surface area contributed by atoms with Crippen molar-refractivity contribution in [3.63, 3.8) is 0 Å². The summed E-state index contributed by atoms with van der Waals surface area (Å²) in [5.74, 6) is 0. The molecule has 1 heterocycles. The van der Waals surface area contributed by atoms with Gasteiger partial charge < -0.3 is 10.2 Å². The quantitative estimate of drug-likeness (QED) is 0.817. The van der Waals surface area contributed by atoms with Crippen molar-refractivity contribution in [2.24, 2.45) is 0 Å². The second kappa shape index (κ2) is 6.91. The molecule has 0 amide bonds. The van der Waals surface area contributed by atoms with Crippen LogP contribution >= 0.6 is 11.6 Å². The van der Waals surface area contributed by atoms with Crippen LogP contribution in [0.2, 0.25) is 5.02 Å². The Kier molecular flexibility index (Phi) is 5.21. The minimum Gasteiger partial charge on any atom is -0.384 e. The predicted octanol–water partition coefficient (Wildman–Crippen LogP) is 3.95. The topological polar surface area (TPSA) is 28.2 Å². The summed E-state index contributed by atoms with van der Waals surface area (Å²) in [6.45, 7) is 4.12. The van der Waals surface area contributed by atoms with Crippen LogP contribution in [-0.4, -0.2) is 37.1 Å². The summed E-state index contributed by atoms with van der Waals surface area (Å²) in [6.07, 6.45) is 2.35. The maximum atomic E-state index is 6.09. The standard InChI is InChI=1S/C16H22ClN3/c1-12-10-16(18-8-4-5-9-20(2)3)14-11-13(17)6-7-15(14)19-12/h6-7,10-11H,4-5,8-9H2,1-3H3,(H,18,19). The second-order valence-corrected chi connectivity index (χ2v) is 5.85. The normalized spacial score (nSPS) is 11.2. The highest BCUT2D eigenvalue weighted by Crippen LogP contribution is 2.26. The van der Waals surface area contributed by atoms with Crippen molar-refractivity contribution in [2.75, 3.05) is 32.5 Å². The molecular weight excluding hydrogens is 270 g/mol. The van der Waals surface area contributed by atoms with Gasteiger partial charge in [-0.15, -0.1) is 0 Å². The molecule has 1 aromatic heterocycles. The van der Waals surface area contributed by atoms with Crippen LogP contribution in [0.4, 0.5) is 5.69 Å². The summed E-state index contributed by atoms with van der Waals surface area (Å²) in [4.78, 5) is 6.75. The van der Waals surface area contributed by atoms with E-state index in [1.165, 1.54) is 6.42 Å². The van der Waals surface area contributed by atoms with E-state index in [-0.39, 0.29) is 0 Å². The number of aryl methyl sites for hydroxylation is 1. The van der Waals surface area contributed by atoms with Gasteiger partial charge in [0.2, 0.25) is 0 Å². The largest absolute Gasteiger partial charge is 0.384 e. The van der Waals surface area contributed by atoms with E-state index < -0.39 is 0 Å². The third-order valence-electron chi connectivity index (χ3n) is 3.25. The molecule has 0 spiro atoms. The molecule has 0 fully saturated rings. The second-order valence-electron chi connectivity index (χ2n) is 5.41. The molecule has 0 aliphatic rings. The molecule has 2 aromatic rings. The lowest BCUT2D eigenvalue weighted by Crippen LogP contribution is -2.14. The van der Waals surface area contributed by atoms with Gasteiger partial charge in [-0.05, 0) is 64.7 Å². The molecule has 0 aliphatic heterocycles. The molecule has 4 heteroatoms. The molecule has 0 aliphatic carbocycles. The average molecular weight is 292 g/mol. The zero-order valence-corrected chi connectivity index (χ0v) is 13.2. The van der Waals surface area contributed by atoms with Crippen molar-refractivity contribution >= 4 is 28.2 Å². The van der Waals surface area contributed by atoms with Crippen molar-refractivity contribution in [3.05, 3.63) is 35.0 Å². The number of aromatic nitrogens is 1. The lowest BCUT2D eigenvalue weighted by atomic mass is 10.1. The summed E-state index contributed by atoms with van der Waals surface area (Å²) in [7, 11) is 4.21. The summed E-state index contributed by atoms with van der Waals surface area (Å²) in [6, 6.07) is 7.93. The minimum atomic E-state index is 0.749. The highest BCUT2D eigenvalue weighted by molar-refractivity contribution is 6.31. The van der Waals surface area contributed by atoms with E-state index in [0.29, 0.717) is 0 Å². The number of benzene rings is 1. The van der Waals surface area contributed by atoms with Gasteiger partial charge in [-0.25, -0.2) is 0 Å². The van der Waals surface area contributed by atoms with Gasteiger partial charge in [-0.3, -0.25) is 4.98 Å². The van der Waals surface area contributed by atoms with Crippen molar-refractivity contribution in [2.45, 2.75) is 19.8 Å². The fraction of sp³-hybridized carbons (Fsp3) is 0.438. The van der Waals surface area contributed by atoms with Crippen LogP contribution in [0.1, 0.15) is 18.5 Å². The molecule has 108 valence electrons. The summed E-state index contributed by atoms with van der Waals surface area (Å²) in [5, 5.41) is 5.35. The molecule has 1 aromatic carbocycles. The molecule has 2 rings (SSSR count). The monoisotopic (exact) mass is 291 g/mol. The van der Waals surface area contributed by atoms with Gasteiger partial charge >= 0.3 is 0 Å². The molecule has 0 saturated heterocycles. The minimum absolute atomic E-state index is 0.749. The van der Waals surface area contributed by atoms with Crippen molar-refractivity contribution in [3.8, 4) is 0 Å². The molecule has 0 bridgehead atoms. The first-order valence-corrected chi connectivity index (χ1v) is 7.39. The van der Waals surface area contributed by atoms with E-state index in [1.807, 2.05) is 25.1 Å². The maximum absolute atomic E-state index is 6.09. The first-order chi connectivity index (χ1) is 9.56. The molecule has 0 saturated carbocycles. The Hall–Kier alpha value is -1.32. The van der Waals surface area contributed by atoms with Crippen LogP contribution in [0, 0.1) is 6.92 Å². The van der Waals surface area contributed by atoms with Crippen molar-refractivity contribution in [1.29, 1.82) is 0 Å². The highest BCUT2D eigenvalue weighted by Gasteiger charge is 2.04. The van der Waals surface area contributed by atoms with Crippen LogP contribution in [-0.2, 0) is 0 Å². The maximum Gasteiger partial charge on any atom is 0.0726 e. The fourth-order valence-electron chi connectivity index (χ4n) is 2.25. The van der Waals surface area contributed by atoms with Crippen LogP contribution < -0.4 is 5.32 Å². The van der Waals surface area contributed by atoms with Crippen LogP contribution in [0.3, 0.4) is 0 Å². The number of nitrogens with one attached hydrogen (secondary N) is 1. The Labute approximate surface area is 126 Å². The molecule has 3 nitrogen and oxygen atoms in total. The van der Waals surface area contributed by atoms with Crippen molar-refractivity contribution in [1.82, 2.24) is 9.88 Å². The molecular formula is C16H22ClN3. The van der Waals surface area contributed by atoms with E-state index >= 15 is 0 Å². The lowest BCUT2D eigenvalue weighted by Gasteiger charge is -2.12. The first-order valence-electron chi connectivity index (χ1n) is 7.02. The van der Waals surface area contributed by atoms with Crippen LogP contribution in [0.25, 0.3) is 10.9 Å². The number of rotatable bonds is 6. The van der Waals surface area contributed by atoms with Crippen LogP contribution in [0.5, 0.6) is 0 Å².